The highest BCUT2D eigenvalue weighted by Crippen LogP contribution is 2.35. The quantitative estimate of drug-likeness (QED) is 0.275. The van der Waals surface area contributed by atoms with Gasteiger partial charge in [0.25, 0.3) is 0 Å². The van der Waals surface area contributed by atoms with Crippen molar-refractivity contribution in [1.82, 2.24) is 4.98 Å². The molecule has 0 radical (unpaired) electrons. The first-order valence-corrected chi connectivity index (χ1v) is 11.8. The molecule has 0 amide bonds. The van der Waals surface area contributed by atoms with Crippen molar-refractivity contribution in [2.75, 3.05) is 11.9 Å². The minimum atomic E-state index is 0.634. The molecule has 1 aromatic heterocycles. The molecule has 0 saturated carbocycles. The molecule has 0 atom stereocenters. The minimum absolute atomic E-state index is 0.634. The molecule has 3 nitrogen and oxygen atoms in total. The molecular formula is C23H20Br2N2OS. The van der Waals surface area contributed by atoms with Crippen molar-refractivity contribution < 1.29 is 4.74 Å². The maximum atomic E-state index is 5.65. The van der Waals surface area contributed by atoms with Gasteiger partial charge in [0.15, 0.2) is 0 Å². The summed E-state index contributed by atoms with van der Waals surface area (Å²) in [5.41, 5.74) is 5.70. The summed E-state index contributed by atoms with van der Waals surface area (Å²) in [5.74, 6) is 0.839. The monoisotopic (exact) mass is 530 g/mol. The van der Waals surface area contributed by atoms with Crippen LogP contribution in [0.25, 0.3) is 20.8 Å². The Balaban J connectivity index is 1.47. The Morgan fingerprint density at radius 2 is 1.72 bits per heavy atom. The summed E-state index contributed by atoms with van der Waals surface area (Å²) in [6.07, 6.45) is 0. The Morgan fingerprint density at radius 1 is 1.00 bits per heavy atom. The Kier molecular flexibility index (Phi) is 6.23. The van der Waals surface area contributed by atoms with Crippen molar-refractivity contribution in [3.63, 3.8) is 0 Å². The van der Waals surface area contributed by atoms with Gasteiger partial charge in [-0.1, -0.05) is 6.07 Å². The number of halogens is 2. The van der Waals surface area contributed by atoms with Gasteiger partial charge in [0.1, 0.15) is 10.8 Å². The van der Waals surface area contributed by atoms with Gasteiger partial charge in [0.05, 0.1) is 25.8 Å². The average molecular weight is 532 g/mol. The fourth-order valence-corrected chi connectivity index (χ4v) is 5.67. The van der Waals surface area contributed by atoms with Gasteiger partial charge in [-0.15, -0.1) is 11.3 Å². The number of rotatable bonds is 6. The number of benzene rings is 3. The van der Waals surface area contributed by atoms with E-state index in [0.717, 1.165) is 48.6 Å². The molecule has 148 valence electrons. The van der Waals surface area contributed by atoms with E-state index in [1.165, 1.54) is 10.3 Å². The molecule has 29 heavy (non-hydrogen) atoms. The van der Waals surface area contributed by atoms with Gasteiger partial charge in [0, 0.05) is 17.8 Å². The highest BCUT2D eigenvalue weighted by molar-refractivity contribution is 9.11. The number of ether oxygens (including phenoxy) is 1. The molecule has 1 heterocycles. The predicted molar refractivity (Wildman–Crippen MR) is 130 cm³/mol. The summed E-state index contributed by atoms with van der Waals surface area (Å²) in [6.45, 7) is 5.45. The molecule has 0 aliphatic rings. The fraction of sp³-hybridized carbons (Fsp3) is 0.174. The van der Waals surface area contributed by atoms with Crippen LogP contribution in [0.1, 0.15) is 18.1 Å². The van der Waals surface area contributed by atoms with E-state index < -0.39 is 0 Å². The fourth-order valence-electron chi connectivity index (χ4n) is 3.09. The topological polar surface area (TPSA) is 34.1 Å². The van der Waals surface area contributed by atoms with Crippen LogP contribution in [-0.2, 0) is 6.54 Å². The lowest BCUT2D eigenvalue weighted by atomic mass is 10.2. The number of aryl methyl sites for hydroxylation is 1. The number of nitrogens with one attached hydrogen (secondary N) is 1. The zero-order valence-corrected chi connectivity index (χ0v) is 20.1. The van der Waals surface area contributed by atoms with Crippen LogP contribution in [-0.4, -0.2) is 11.6 Å². The third kappa shape index (κ3) is 4.65. The average Bonchev–Trinajstić information content (AvgIpc) is 3.12. The number of aromatic nitrogens is 1. The summed E-state index contributed by atoms with van der Waals surface area (Å²) in [4.78, 5) is 4.77. The zero-order valence-electron chi connectivity index (χ0n) is 16.1. The molecule has 4 rings (SSSR count). The third-order valence-corrected chi connectivity index (χ3v) is 6.76. The van der Waals surface area contributed by atoms with Crippen LogP contribution in [0, 0.1) is 6.92 Å². The standard InChI is InChI=1S/C23H20Br2N2OS/c1-3-28-22-18(24)11-15(12-19(22)25)13-26-17-7-5-16(6-8-17)23-27-20-9-4-14(2)10-21(20)29-23/h4-12,26H,3,13H2,1-2H3. The molecule has 6 heteroatoms. The first-order valence-electron chi connectivity index (χ1n) is 9.35. The number of anilines is 1. The van der Waals surface area contributed by atoms with E-state index in [-0.39, 0.29) is 0 Å². The normalized spacial score (nSPS) is 11.0. The van der Waals surface area contributed by atoms with Gasteiger partial charge in [-0.25, -0.2) is 4.98 Å². The number of hydrogen-bond acceptors (Lipinski definition) is 4. The van der Waals surface area contributed by atoms with Crippen LogP contribution in [0.5, 0.6) is 5.75 Å². The smallest absolute Gasteiger partial charge is 0.147 e. The van der Waals surface area contributed by atoms with E-state index in [2.05, 4.69) is 98.7 Å². The highest BCUT2D eigenvalue weighted by atomic mass is 79.9. The molecular weight excluding hydrogens is 512 g/mol. The number of fused-ring (bicyclic) bond motifs is 1. The first-order chi connectivity index (χ1) is 14.0. The molecule has 1 N–H and O–H groups in total. The summed E-state index contributed by atoms with van der Waals surface area (Å²) in [5, 5.41) is 4.53. The van der Waals surface area contributed by atoms with Crippen molar-refractivity contribution in [2.45, 2.75) is 20.4 Å². The molecule has 0 spiro atoms. The van der Waals surface area contributed by atoms with Gasteiger partial charge < -0.3 is 10.1 Å². The van der Waals surface area contributed by atoms with Gasteiger partial charge in [-0.3, -0.25) is 0 Å². The second kappa shape index (κ2) is 8.86. The third-order valence-electron chi connectivity index (χ3n) is 4.52. The van der Waals surface area contributed by atoms with E-state index >= 15 is 0 Å². The Morgan fingerprint density at radius 3 is 2.41 bits per heavy atom. The molecule has 0 fully saturated rings. The van der Waals surface area contributed by atoms with E-state index in [1.54, 1.807) is 11.3 Å². The molecule has 0 aliphatic heterocycles. The largest absolute Gasteiger partial charge is 0.492 e. The van der Waals surface area contributed by atoms with Crippen molar-refractivity contribution in [1.29, 1.82) is 0 Å². The van der Waals surface area contributed by atoms with Crippen molar-refractivity contribution in [3.8, 4) is 16.3 Å². The molecule has 4 aromatic rings. The van der Waals surface area contributed by atoms with E-state index in [9.17, 15) is 0 Å². The van der Waals surface area contributed by atoms with E-state index in [0.29, 0.717) is 6.61 Å². The number of nitrogens with zero attached hydrogens (tertiary/aromatic N) is 1. The lowest BCUT2D eigenvalue weighted by Gasteiger charge is -2.12. The highest BCUT2D eigenvalue weighted by Gasteiger charge is 2.09. The lowest BCUT2D eigenvalue weighted by Crippen LogP contribution is -2.01. The maximum Gasteiger partial charge on any atom is 0.147 e. The maximum absolute atomic E-state index is 5.65. The van der Waals surface area contributed by atoms with Crippen LogP contribution in [0.4, 0.5) is 5.69 Å². The van der Waals surface area contributed by atoms with Gasteiger partial charge in [-0.05, 0) is 105 Å². The Bertz CT molecular complexity index is 1130. The van der Waals surface area contributed by atoms with Gasteiger partial charge >= 0.3 is 0 Å². The number of hydrogen-bond donors (Lipinski definition) is 1. The Hall–Kier alpha value is -1.89. The van der Waals surface area contributed by atoms with E-state index in [4.69, 9.17) is 9.72 Å². The summed E-state index contributed by atoms with van der Waals surface area (Å²) in [6, 6.07) is 19.0. The minimum Gasteiger partial charge on any atom is -0.492 e. The van der Waals surface area contributed by atoms with E-state index in [1.807, 2.05) is 6.92 Å². The summed E-state index contributed by atoms with van der Waals surface area (Å²) >= 11 is 8.92. The van der Waals surface area contributed by atoms with Crippen molar-refractivity contribution in [3.05, 3.63) is 74.7 Å². The lowest BCUT2D eigenvalue weighted by molar-refractivity contribution is 0.336. The predicted octanol–water partition coefficient (Wildman–Crippen LogP) is 7.81. The zero-order chi connectivity index (χ0) is 20.4. The van der Waals surface area contributed by atoms with Gasteiger partial charge in [0.2, 0.25) is 0 Å². The van der Waals surface area contributed by atoms with Crippen LogP contribution in [0.3, 0.4) is 0 Å². The first kappa shape index (κ1) is 20.4. The van der Waals surface area contributed by atoms with Crippen LogP contribution < -0.4 is 10.1 Å². The second-order valence-corrected chi connectivity index (χ2v) is 9.48. The molecule has 0 bridgehead atoms. The summed E-state index contributed by atoms with van der Waals surface area (Å²) in [7, 11) is 0. The van der Waals surface area contributed by atoms with Crippen LogP contribution in [0.15, 0.2) is 63.5 Å². The number of thiazole rings is 1. The SMILES string of the molecule is CCOc1c(Br)cc(CNc2ccc(-c3nc4ccc(C)cc4s3)cc2)cc1Br. The van der Waals surface area contributed by atoms with Crippen LogP contribution >= 0.6 is 43.2 Å². The second-order valence-electron chi connectivity index (χ2n) is 6.74. The molecule has 3 aromatic carbocycles. The molecule has 0 saturated heterocycles. The Labute approximate surface area is 191 Å². The molecule has 0 unspecified atom stereocenters. The van der Waals surface area contributed by atoms with Crippen LogP contribution in [0.2, 0.25) is 0 Å². The van der Waals surface area contributed by atoms with Gasteiger partial charge in [-0.2, -0.15) is 0 Å². The van der Waals surface area contributed by atoms with Crippen molar-refractivity contribution in [2.24, 2.45) is 0 Å². The summed E-state index contributed by atoms with van der Waals surface area (Å²) < 4.78 is 8.78. The van der Waals surface area contributed by atoms with Crippen molar-refractivity contribution >= 4 is 59.1 Å². The molecule has 0 aliphatic carbocycles.